The molecule has 8 heteroatoms. The first-order valence-electron chi connectivity index (χ1n) is 6.11. The van der Waals surface area contributed by atoms with Gasteiger partial charge in [-0.25, -0.2) is 19.1 Å². The van der Waals surface area contributed by atoms with Crippen LogP contribution in [0.2, 0.25) is 5.02 Å². The van der Waals surface area contributed by atoms with Gasteiger partial charge in [0.15, 0.2) is 5.82 Å². The molecule has 1 amide bonds. The zero-order valence-electron chi connectivity index (χ0n) is 10.9. The number of aromatic nitrogens is 2. The van der Waals surface area contributed by atoms with E-state index in [1.165, 1.54) is 12.3 Å². The molecular weight excluding hydrogens is 316 g/mol. The van der Waals surface area contributed by atoms with Gasteiger partial charge in [-0.05, 0) is 18.2 Å². The number of carbonyl (C=O) groups excluding carboxylic acids is 1. The van der Waals surface area contributed by atoms with Gasteiger partial charge in [0.25, 0.3) is 0 Å². The van der Waals surface area contributed by atoms with E-state index in [0.29, 0.717) is 16.8 Å². The molecule has 2 heterocycles. The van der Waals surface area contributed by atoms with Gasteiger partial charge < -0.3 is 4.40 Å². The van der Waals surface area contributed by atoms with E-state index in [1.807, 2.05) is 0 Å². The largest absolute Gasteiger partial charge is 0.450 e. The second-order valence-electron chi connectivity index (χ2n) is 4.40. The van der Waals surface area contributed by atoms with Crippen LogP contribution >= 0.6 is 11.6 Å². The lowest BCUT2D eigenvalue weighted by Gasteiger charge is -2.05. The van der Waals surface area contributed by atoms with Crippen LogP contribution in [0.4, 0.5) is 19.5 Å². The lowest BCUT2D eigenvalue weighted by atomic mass is 10.1. The van der Waals surface area contributed by atoms with E-state index in [-0.39, 0.29) is 10.8 Å². The van der Waals surface area contributed by atoms with E-state index in [9.17, 15) is 13.7 Å². The maximum Gasteiger partial charge on any atom is 0.450 e. The summed E-state index contributed by atoms with van der Waals surface area (Å²) in [5.41, 5.74) is 1.69. The van der Waals surface area contributed by atoms with Gasteiger partial charge >= 0.3 is 6.09 Å². The number of rotatable bonds is 2. The van der Waals surface area contributed by atoms with Crippen LogP contribution in [0.15, 0.2) is 42.7 Å². The minimum atomic E-state index is -1.27. The highest BCUT2D eigenvalue weighted by Gasteiger charge is 2.11. The van der Waals surface area contributed by atoms with Crippen LogP contribution in [0.5, 0.6) is 0 Å². The molecule has 0 atom stereocenters. The highest BCUT2D eigenvalue weighted by molar-refractivity contribution is 6.33. The number of nitrogens with zero attached hydrogens (tertiary/aromatic N) is 2. The molecule has 1 N–H and O–H groups in total. The Balaban J connectivity index is 2.02. The normalized spacial score (nSPS) is 10.7. The average Bonchev–Trinajstić information content (AvgIpc) is 2.91. The fourth-order valence-electron chi connectivity index (χ4n) is 2.06. The molecule has 0 bridgehead atoms. The first kappa shape index (κ1) is 14.3. The highest BCUT2D eigenvalue weighted by atomic mass is 35.5. The number of hydrogen-bond acceptors (Lipinski definition) is 3. The topological polar surface area (TPSA) is 55.6 Å². The monoisotopic (exact) mass is 323 g/mol. The third kappa shape index (κ3) is 2.58. The summed E-state index contributed by atoms with van der Waals surface area (Å²) in [5, 5.41) is 2.12. The fraction of sp³-hybridized carbons (Fsp3) is 0. The molecule has 112 valence electrons. The van der Waals surface area contributed by atoms with Crippen molar-refractivity contribution in [3.8, 4) is 11.1 Å². The van der Waals surface area contributed by atoms with Gasteiger partial charge in [-0.2, -0.15) is 0 Å². The van der Waals surface area contributed by atoms with E-state index in [2.05, 4.69) is 15.2 Å². The summed E-state index contributed by atoms with van der Waals surface area (Å²) in [7, 11) is 0. The number of nitrogens with one attached hydrogen (secondary N) is 1. The molecule has 5 nitrogen and oxygen atoms in total. The minimum Gasteiger partial charge on any atom is -0.304 e. The second-order valence-corrected chi connectivity index (χ2v) is 4.78. The van der Waals surface area contributed by atoms with Crippen molar-refractivity contribution in [1.82, 2.24) is 9.38 Å². The van der Waals surface area contributed by atoms with E-state index < -0.39 is 11.9 Å². The minimum absolute atomic E-state index is 0.0151. The zero-order valence-corrected chi connectivity index (χ0v) is 11.6. The molecule has 1 aromatic carbocycles. The van der Waals surface area contributed by atoms with Crippen LogP contribution in [0.3, 0.4) is 0 Å². The van der Waals surface area contributed by atoms with Crippen LogP contribution in [-0.4, -0.2) is 15.5 Å². The van der Waals surface area contributed by atoms with E-state index >= 15 is 0 Å². The van der Waals surface area contributed by atoms with Crippen LogP contribution in [0.1, 0.15) is 0 Å². The summed E-state index contributed by atoms with van der Waals surface area (Å²) >= 11 is 5.96. The van der Waals surface area contributed by atoms with Gasteiger partial charge in [-0.3, -0.25) is 5.32 Å². The van der Waals surface area contributed by atoms with Gasteiger partial charge in [-0.1, -0.05) is 23.7 Å². The number of fused-ring (bicyclic) bond motifs is 1. The Hall–Kier alpha value is -2.67. The predicted octanol–water partition coefficient (Wildman–Crippen LogP) is 4.23. The zero-order chi connectivity index (χ0) is 15.7. The first-order chi connectivity index (χ1) is 10.6. The lowest BCUT2D eigenvalue weighted by Crippen LogP contribution is -2.09. The second kappa shape index (κ2) is 5.61. The average molecular weight is 324 g/mol. The van der Waals surface area contributed by atoms with E-state index in [0.717, 1.165) is 0 Å². The van der Waals surface area contributed by atoms with Crippen molar-refractivity contribution < 1.29 is 18.7 Å². The van der Waals surface area contributed by atoms with E-state index in [4.69, 9.17) is 11.6 Å². The summed E-state index contributed by atoms with van der Waals surface area (Å²) < 4.78 is 26.8. The number of hydrogen-bond donors (Lipinski definition) is 1. The quantitative estimate of drug-likeness (QED) is 0.768. The molecular formula is C14H8ClF2N3O2. The van der Waals surface area contributed by atoms with Crippen LogP contribution in [0, 0.1) is 5.82 Å². The summed E-state index contributed by atoms with van der Waals surface area (Å²) in [4.78, 5) is 17.9. The van der Waals surface area contributed by atoms with Crippen molar-refractivity contribution in [2.45, 2.75) is 0 Å². The number of benzene rings is 1. The molecule has 0 saturated carbocycles. The van der Waals surface area contributed by atoms with Crippen molar-refractivity contribution in [3.63, 3.8) is 0 Å². The molecule has 0 aliphatic carbocycles. The van der Waals surface area contributed by atoms with Gasteiger partial charge in [0.2, 0.25) is 0 Å². The maximum absolute atomic E-state index is 13.5. The molecule has 22 heavy (non-hydrogen) atoms. The summed E-state index contributed by atoms with van der Waals surface area (Å²) in [6.07, 6.45) is 1.86. The Morgan fingerprint density at radius 3 is 2.86 bits per heavy atom. The lowest BCUT2D eigenvalue weighted by molar-refractivity contribution is -0.0544. The Labute approximate surface area is 128 Å². The number of amides is 1. The van der Waals surface area contributed by atoms with Gasteiger partial charge in [-0.15, -0.1) is 0 Å². The molecule has 2 aromatic heterocycles. The molecule has 0 aliphatic heterocycles. The summed E-state index contributed by atoms with van der Waals surface area (Å²) in [5.74, 6) is -0.400. The van der Waals surface area contributed by atoms with Gasteiger partial charge in [0.1, 0.15) is 11.5 Å². The SMILES string of the molecule is O=C(Nc1cn2cc(-c3cccc(F)c3Cl)ccc2n1)OF. The Bertz CT molecular complexity index is 866. The molecule has 0 saturated heterocycles. The number of carbonyl (C=O) groups is 1. The first-order valence-corrected chi connectivity index (χ1v) is 6.49. The van der Waals surface area contributed by atoms with Crippen LogP contribution in [-0.2, 0) is 4.94 Å². The van der Waals surface area contributed by atoms with Crippen molar-refractivity contribution in [2.75, 3.05) is 5.32 Å². The Morgan fingerprint density at radius 1 is 1.27 bits per heavy atom. The maximum atomic E-state index is 13.5. The standard InChI is InChI=1S/C14H8ClF2N3O2/c15-13-9(2-1-3-10(13)16)8-4-5-12-18-11(7-20(12)6-8)19-14(21)22-17/h1-7H,(H,19,21). The smallest absolute Gasteiger partial charge is 0.304 e. The molecule has 0 spiro atoms. The van der Waals surface area contributed by atoms with Crippen LogP contribution in [0.25, 0.3) is 16.8 Å². The number of imidazole rings is 1. The van der Waals surface area contributed by atoms with Crippen molar-refractivity contribution in [2.24, 2.45) is 0 Å². The highest BCUT2D eigenvalue weighted by Crippen LogP contribution is 2.30. The molecule has 3 rings (SSSR count). The fourth-order valence-corrected chi connectivity index (χ4v) is 2.30. The van der Waals surface area contributed by atoms with Gasteiger partial charge in [0, 0.05) is 21.8 Å². The third-order valence-electron chi connectivity index (χ3n) is 3.01. The number of pyridine rings is 1. The summed E-state index contributed by atoms with van der Waals surface area (Å²) in [6, 6.07) is 7.87. The third-order valence-corrected chi connectivity index (χ3v) is 3.40. The van der Waals surface area contributed by atoms with Gasteiger partial charge in [0.05, 0.1) is 11.2 Å². The Morgan fingerprint density at radius 2 is 2.09 bits per heavy atom. The van der Waals surface area contributed by atoms with Crippen molar-refractivity contribution in [1.29, 1.82) is 0 Å². The molecule has 0 radical (unpaired) electrons. The molecule has 0 fully saturated rings. The van der Waals surface area contributed by atoms with Crippen LogP contribution < -0.4 is 5.32 Å². The van der Waals surface area contributed by atoms with Crippen molar-refractivity contribution in [3.05, 3.63) is 53.6 Å². The van der Waals surface area contributed by atoms with E-state index in [1.54, 1.807) is 34.9 Å². The molecule has 0 aliphatic rings. The van der Waals surface area contributed by atoms with Crippen molar-refractivity contribution >= 4 is 29.2 Å². The number of halogens is 3. The Kier molecular flexibility index (Phi) is 3.64. The molecule has 3 aromatic rings. The molecule has 0 unspecified atom stereocenters. The number of anilines is 1. The predicted molar refractivity (Wildman–Crippen MR) is 76.8 cm³/mol. The summed E-state index contributed by atoms with van der Waals surface area (Å²) in [6.45, 7) is 0.